The van der Waals surface area contributed by atoms with Gasteiger partial charge >= 0.3 is 0 Å². The van der Waals surface area contributed by atoms with Crippen molar-refractivity contribution in [1.82, 2.24) is 4.98 Å². The molecule has 2 aromatic heterocycles. The lowest BCUT2D eigenvalue weighted by Gasteiger charge is -2.07. The van der Waals surface area contributed by atoms with E-state index in [9.17, 15) is 4.79 Å². The molecule has 0 saturated carbocycles. The van der Waals surface area contributed by atoms with Crippen molar-refractivity contribution in [3.8, 4) is 0 Å². The fraction of sp³-hybridized carbons (Fsp3) is 0.125. The molecule has 0 aliphatic rings. The number of anilines is 1. The summed E-state index contributed by atoms with van der Waals surface area (Å²) in [7, 11) is 0. The monoisotopic (exact) mass is 417 g/mol. The highest BCUT2D eigenvalue weighted by Gasteiger charge is 2.14. The van der Waals surface area contributed by atoms with Crippen LogP contribution < -0.4 is 10.9 Å². The van der Waals surface area contributed by atoms with Crippen LogP contribution in [-0.2, 0) is 6.42 Å². The van der Waals surface area contributed by atoms with Crippen molar-refractivity contribution in [2.45, 2.75) is 20.3 Å². The number of nitrogens with one attached hydrogen (secondary N) is 1. The molecule has 4 aromatic rings. The van der Waals surface area contributed by atoms with Gasteiger partial charge in [-0.1, -0.05) is 36.7 Å². The molecule has 0 bridgehead atoms. The topological polar surface area (TPSA) is 67.5 Å². The Labute approximate surface area is 179 Å². The van der Waals surface area contributed by atoms with Gasteiger partial charge in [-0.2, -0.15) is 0 Å². The van der Waals surface area contributed by atoms with Gasteiger partial charge in [0.15, 0.2) is 0 Å². The van der Waals surface area contributed by atoms with Gasteiger partial charge in [0.2, 0.25) is 5.55 Å². The van der Waals surface area contributed by atoms with Crippen LogP contribution >= 0.6 is 11.6 Å². The molecule has 30 heavy (non-hydrogen) atoms. The van der Waals surface area contributed by atoms with Gasteiger partial charge in [-0.15, -0.1) is 0 Å². The summed E-state index contributed by atoms with van der Waals surface area (Å²) in [5, 5.41) is 4.10. The maximum atomic E-state index is 13.1. The number of aryl methyl sites for hydroxylation is 2. The van der Waals surface area contributed by atoms with E-state index in [-0.39, 0.29) is 11.5 Å². The normalized spacial score (nSPS) is 11.6. The van der Waals surface area contributed by atoms with Crippen molar-refractivity contribution < 1.29 is 9.21 Å². The van der Waals surface area contributed by atoms with Crippen LogP contribution in [0.5, 0.6) is 0 Å². The Kier molecular flexibility index (Phi) is 5.63. The van der Waals surface area contributed by atoms with Crippen molar-refractivity contribution >= 4 is 40.0 Å². The standard InChI is InChI=1S/C24H20ClN3O2/c1-3-16-7-5-8-19(12-16)27-24-20(14-17-13-18(25)10-11-21(17)30-24)23(29)28-22-9-4-6-15(2)26-22/h4-14H,3H2,1-2H3,(H,26,28,29). The van der Waals surface area contributed by atoms with E-state index in [1.165, 1.54) is 0 Å². The van der Waals surface area contributed by atoms with Gasteiger partial charge in [0, 0.05) is 16.1 Å². The lowest BCUT2D eigenvalue weighted by atomic mass is 10.1. The van der Waals surface area contributed by atoms with Crippen molar-refractivity contribution in [2.75, 3.05) is 5.32 Å². The van der Waals surface area contributed by atoms with E-state index in [1.54, 1.807) is 30.3 Å². The molecule has 6 heteroatoms. The van der Waals surface area contributed by atoms with E-state index in [1.807, 2.05) is 43.3 Å². The third-order valence-corrected chi connectivity index (χ3v) is 4.87. The summed E-state index contributed by atoms with van der Waals surface area (Å²) in [6, 6.07) is 20.3. The molecule has 0 spiro atoms. The van der Waals surface area contributed by atoms with Crippen LogP contribution in [0.2, 0.25) is 5.02 Å². The van der Waals surface area contributed by atoms with Gasteiger partial charge in [-0.25, -0.2) is 9.98 Å². The number of rotatable bonds is 4. The van der Waals surface area contributed by atoms with Crippen molar-refractivity contribution in [2.24, 2.45) is 4.99 Å². The molecule has 0 saturated heterocycles. The largest absolute Gasteiger partial charge is 0.438 e. The van der Waals surface area contributed by atoms with Crippen LogP contribution in [0, 0.1) is 6.92 Å². The second kappa shape index (κ2) is 8.51. The second-order valence-corrected chi connectivity index (χ2v) is 7.34. The number of nitrogens with zero attached hydrogens (tertiary/aromatic N) is 2. The average Bonchev–Trinajstić information content (AvgIpc) is 2.73. The number of pyridine rings is 1. The highest BCUT2D eigenvalue weighted by molar-refractivity contribution is 6.31. The summed E-state index contributed by atoms with van der Waals surface area (Å²) in [5.41, 5.74) is 3.80. The predicted octanol–water partition coefficient (Wildman–Crippen LogP) is 5.84. The Morgan fingerprint density at radius 3 is 2.73 bits per heavy atom. The Balaban J connectivity index is 1.85. The fourth-order valence-corrected chi connectivity index (χ4v) is 3.29. The molecule has 0 atom stereocenters. The maximum absolute atomic E-state index is 13.1. The smallest absolute Gasteiger partial charge is 0.262 e. The summed E-state index contributed by atoms with van der Waals surface area (Å²) < 4.78 is 6.00. The first-order valence-electron chi connectivity index (χ1n) is 9.64. The van der Waals surface area contributed by atoms with Crippen molar-refractivity contribution in [1.29, 1.82) is 0 Å². The van der Waals surface area contributed by atoms with Crippen LogP contribution in [0.1, 0.15) is 28.5 Å². The number of carbonyl (C=O) groups is 1. The zero-order valence-electron chi connectivity index (χ0n) is 16.6. The van der Waals surface area contributed by atoms with Crippen LogP contribution in [0.25, 0.3) is 11.0 Å². The minimum atomic E-state index is -0.357. The molecule has 0 unspecified atom stereocenters. The molecule has 2 aromatic carbocycles. The summed E-state index contributed by atoms with van der Waals surface area (Å²) >= 11 is 6.13. The first-order chi connectivity index (χ1) is 14.5. The lowest BCUT2D eigenvalue weighted by molar-refractivity contribution is 0.102. The van der Waals surface area contributed by atoms with E-state index >= 15 is 0 Å². The van der Waals surface area contributed by atoms with Gasteiger partial charge < -0.3 is 9.73 Å². The Morgan fingerprint density at radius 2 is 1.93 bits per heavy atom. The summed E-state index contributed by atoms with van der Waals surface area (Å²) in [4.78, 5) is 22.0. The highest BCUT2D eigenvalue weighted by atomic mass is 35.5. The number of fused-ring (bicyclic) bond motifs is 1. The minimum absolute atomic E-state index is 0.225. The van der Waals surface area contributed by atoms with Gasteiger partial charge in [0.05, 0.1) is 5.69 Å². The molecule has 0 fully saturated rings. The number of halogens is 1. The van der Waals surface area contributed by atoms with E-state index in [0.29, 0.717) is 33.1 Å². The zero-order valence-corrected chi connectivity index (χ0v) is 17.4. The van der Waals surface area contributed by atoms with Crippen molar-refractivity contribution in [3.63, 3.8) is 0 Å². The Hall–Kier alpha value is -3.44. The Bertz CT molecular complexity index is 1310. The number of aromatic nitrogens is 1. The molecule has 0 aliphatic heterocycles. The second-order valence-electron chi connectivity index (χ2n) is 6.90. The predicted molar refractivity (Wildman–Crippen MR) is 119 cm³/mol. The zero-order chi connectivity index (χ0) is 21.1. The molecular formula is C24H20ClN3O2. The van der Waals surface area contributed by atoms with Crippen LogP contribution in [-0.4, -0.2) is 10.9 Å². The summed E-state index contributed by atoms with van der Waals surface area (Å²) in [6.07, 6.45) is 0.892. The third kappa shape index (κ3) is 4.42. The molecule has 1 N–H and O–H groups in total. The molecule has 1 amide bonds. The fourth-order valence-electron chi connectivity index (χ4n) is 3.11. The van der Waals surface area contributed by atoms with Gasteiger partial charge in [0.1, 0.15) is 17.0 Å². The Morgan fingerprint density at radius 1 is 1.10 bits per heavy atom. The van der Waals surface area contributed by atoms with Crippen molar-refractivity contribution in [3.05, 3.63) is 94.1 Å². The maximum Gasteiger partial charge on any atom is 0.262 e. The van der Waals surface area contributed by atoms with Gasteiger partial charge in [-0.05, 0) is 67.4 Å². The van der Waals surface area contributed by atoms with E-state index in [4.69, 9.17) is 16.0 Å². The van der Waals surface area contributed by atoms with E-state index in [2.05, 4.69) is 22.2 Å². The first kappa shape index (κ1) is 19.9. The first-order valence-corrected chi connectivity index (χ1v) is 10.0. The van der Waals surface area contributed by atoms with Crippen LogP contribution in [0.15, 0.2) is 76.1 Å². The third-order valence-electron chi connectivity index (χ3n) is 4.63. The summed E-state index contributed by atoms with van der Waals surface area (Å²) in [5.74, 6) is 0.106. The van der Waals surface area contributed by atoms with Crippen LogP contribution in [0.4, 0.5) is 11.5 Å². The molecule has 5 nitrogen and oxygen atoms in total. The average molecular weight is 418 g/mol. The number of amides is 1. The van der Waals surface area contributed by atoms with E-state index < -0.39 is 0 Å². The van der Waals surface area contributed by atoms with Crippen LogP contribution in [0.3, 0.4) is 0 Å². The molecule has 0 aliphatic carbocycles. The molecule has 2 heterocycles. The van der Waals surface area contributed by atoms with Gasteiger partial charge in [-0.3, -0.25) is 4.79 Å². The van der Waals surface area contributed by atoms with E-state index in [0.717, 1.165) is 17.7 Å². The minimum Gasteiger partial charge on any atom is -0.438 e. The molecule has 4 rings (SSSR count). The molecule has 0 radical (unpaired) electrons. The molecule has 150 valence electrons. The lowest BCUT2D eigenvalue weighted by Crippen LogP contribution is -2.22. The number of hydrogen-bond acceptors (Lipinski definition) is 4. The number of hydrogen-bond donors (Lipinski definition) is 1. The highest BCUT2D eigenvalue weighted by Crippen LogP contribution is 2.20. The summed E-state index contributed by atoms with van der Waals surface area (Å²) in [6.45, 7) is 3.95. The van der Waals surface area contributed by atoms with Gasteiger partial charge in [0.25, 0.3) is 5.91 Å². The molecular weight excluding hydrogens is 398 g/mol. The SMILES string of the molecule is CCc1cccc(N=c2oc3ccc(Cl)cc3cc2C(=O)Nc2cccc(C)n2)c1. The number of carbonyl (C=O) groups excluding carboxylic acids is 1. The quantitative estimate of drug-likeness (QED) is 0.453. The number of benzene rings is 2.